The summed E-state index contributed by atoms with van der Waals surface area (Å²) in [6.07, 6.45) is -3.59. The molecular formula is C26H25F3N2O4. The molecule has 0 amide bonds. The van der Waals surface area contributed by atoms with E-state index in [2.05, 4.69) is 6.58 Å². The Hall–Kier alpha value is -3.69. The number of alkyl halides is 3. The highest BCUT2D eigenvalue weighted by Crippen LogP contribution is 2.36. The van der Waals surface area contributed by atoms with E-state index in [1.54, 1.807) is 36.4 Å². The Bertz CT molecular complexity index is 1130. The predicted molar refractivity (Wildman–Crippen MR) is 127 cm³/mol. The summed E-state index contributed by atoms with van der Waals surface area (Å²) in [5.74, 6) is 0.402. The number of aliphatic hydroxyl groups excluding tert-OH is 1. The molecule has 0 aromatic heterocycles. The molecule has 0 fully saturated rings. The van der Waals surface area contributed by atoms with E-state index in [0.717, 1.165) is 11.6 Å². The number of rotatable bonds is 11. The van der Waals surface area contributed by atoms with Crippen LogP contribution in [0.5, 0.6) is 5.75 Å². The first-order valence-electron chi connectivity index (χ1n) is 10.8. The smallest absolute Gasteiger partial charge is 0.417 e. The van der Waals surface area contributed by atoms with E-state index in [9.17, 15) is 28.4 Å². The van der Waals surface area contributed by atoms with Crippen LogP contribution in [-0.4, -0.2) is 40.7 Å². The molecule has 0 heterocycles. The molecular weight excluding hydrogens is 461 g/mol. The number of aliphatic hydroxyl groups is 1. The van der Waals surface area contributed by atoms with E-state index < -0.39 is 22.8 Å². The fourth-order valence-electron chi connectivity index (χ4n) is 3.62. The lowest BCUT2D eigenvalue weighted by atomic mass is 9.98. The molecule has 1 N–H and O–H groups in total. The molecule has 0 aliphatic carbocycles. The summed E-state index contributed by atoms with van der Waals surface area (Å²) in [5, 5.41) is 21.1. The van der Waals surface area contributed by atoms with Gasteiger partial charge in [0.2, 0.25) is 0 Å². The lowest BCUT2D eigenvalue weighted by Crippen LogP contribution is -2.35. The molecule has 3 aromatic rings. The number of nitro benzene ring substituents is 1. The Morgan fingerprint density at radius 1 is 1.06 bits per heavy atom. The zero-order valence-corrected chi connectivity index (χ0v) is 18.8. The van der Waals surface area contributed by atoms with E-state index in [-0.39, 0.29) is 24.4 Å². The van der Waals surface area contributed by atoms with Crippen molar-refractivity contribution in [3.8, 4) is 16.9 Å². The van der Waals surface area contributed by atoms with Gasteiger partial charge < -0.3 is 9.84 Å². The van der Waals surface area contributed by atoms with E-state index in [1.807, 2.05) is 4.90 Å². The summed E-state index contributed by atoms with van der Waals surface area (Å²) in [5.41, 5.74) is 0.713. The van der Waals surface area contributed by atoms with Gasteiger partial charge in [0.15, 0.2) is 0 Å². The molecule has 9 heteroatoms. The summed E-state index contributed by atoms with van der Waals surface area (Å²) in [7, 11) is 0. The van der Waals surface area contributed by atoms with Crippen LogP contribution in [0.25, 0.3) is 11.1 Å². The van der Waals surface area contributed by atoms with Gasteiger partial charge in [-0.1, -0.05) is 48.5 Å². The zero-order valence-electron chi connectivity index (χ0n) is 18.8. The highest BCUT2D eigenvalue weighted by molar-refractivity contribution is 5.68. The summed E-state index contributed by atoms with van der Waals surface area (Å²) < 4.78 is 45.5. The lowest BCUT2D eigenvalue weighted by molar-refractivity contribution is -0.384. The third-order valence-corrected chi connectivity index (χ3v) is 5.25. The summed E-state index contributed by atoms with van der Waals surface area (Å²) in [6, 6.07) is 17.9. The van der Waals surface area contributed by atoms with Crippen molar-refractivity contribution in [3.05, 3.63) is 107 Å². The van der Waals surface area contributed by atoms with Crippen LogP contribution in [0.3, 0.4) is 0 Å². The predicted octanol–water partition coefficient (Wildman–Crippen LogP) is 5.71. The summed E-state index contributed by atoms with van der Waals surface area (Å²) >= 11 is 0. The molecule has 0 aliphatic heterocycles. The van der Waals surface area contributed by atoms with Gasteiger partial charge >= 0.3 is 6.18 Å². The van der Waals surface area contributed by atoms with Crippen LogP contribution < -0.4 is 4.74 Å². The largest absolute Gasteiger partial charge is 0.491 e. The van der Waals surface area contributed by atoms with Crippen molar-refractivity contribution in [3.63, 3.8) is 0 Å². The minimum absolute atomic E-state index is 0.0153. The van der Waals surface area contributed by atoms with Crippen LogP contribution in [0.1, 0.15) is 11.1 Å². The van der Waals surface area contributed by atoms with Gasteiger partial charge in [-0.3, -0.25) is 15.0 Å². The second-order valence-corrected chi connectivity index (χ2v) is 7.94. The van der Waals surface area contributed by atoms with E-state index in [4.69, 9.17) is 4.74 Å². The number of non-ortho nitro benzene ring substituents is 1. The Morgan fingerprint density at radius 2 is 1.71 bits per heavy atom. The average molecular weight is 486 g/mol. The SMILES string of the molecule is C=CCN(Cc1ccc(-c2ccccc2C(F)(F)F)cc1)CC(O)COc1ccc([N+](=O)[O-])cc1. The van der Waals surface area contributed by atoms with Gasteiger partial charge in [0.05, 0.1) is 10.5 Å². The number of halogens is 3. The van der Waals surface area contributed by atoms with Crippen molar-refractivity contribution in [1.82, 2.24) is 4.90 Å². The second-order valence-electron chi connectivity index (χ2n) is 7.94. The first-order valence-corrected chi connectivity index (χ1v) is 10.8. The average Bonchev–Trinajstić information content (AvgIpc) is 2.83. The third-order valence-electron chi connectivity index (χ3n) is 5.25. The van der Waals surface area contributed by atoms with Gasteiger partial charge in [-0.05, 0) is 34.9 Å². The van der Waals surface area contributed by atoms with E-state index in [1.165, 1.54) is 36.4 Å². The monoisotopic (exact) mass is 486 g/mol. The minimum Gasteiger partial charge on any atom is -0.491 e. The number of nitrogens with zero attached hydrogens (tertiary/aromatic N) is 2. The standard InChI is InChI=1S/C26H25F3N2O4/c1-2-15-30(17-22(32)18-35-23-13-11-21(12-14-23)31(33)34)16-19-7-9-20(10-8-19)24-5-3-4-6-25(24)26(27,28)29/h2-14,22,32H,1,15-18H2. The molecule has 6 nitrogen and oxygen atoms in total. The molecule has 0 aliphatic rings. The Labute approximate surface area is 201 Å². The molecule has 184 valence electrons. The molecule has 0 spiro atoms. The Kier molecular flexibility index (Phi) is 8.62. The van der Waals surface area contributed by atoms with Gasteiger partial charge in [-0.2, -0.15) is 13.2 Å². The quantitative estimate of drug-likeness (QED) is 0.214. The maximum atomic E-state index is 13.3. The van der Waals surface area contributed by atoms with E-state index >= 15 is 0 Å². The maximum absolute atomic E-state index is 13.3. The van der Waals surface area contributed by atoms with Crippen molar-refractivity contribution >= 4 is 5.69 Å². The fraction of sp³-hybridized carbons (Fsp3) is 0.231. The zero-order chi connectivity index (χ0) is 25.4. The van der Waals surface area contributed by atoms with Crippen molar-refractivity contribution in [1.29, 1.82) is 0 Å². The number of nitro groups is 1. The number of hydrogen-bond donors (Lipinski definition) is 1. The summed E-state index contributed by atoms with van der Waals surface area (Å²) in [4.78, 5) is 12.1. The summed E-state index contributed by atoms with van der Waals surface area (Å²) in [6.45, 7) is 4.91. The van der Waals surface area contributed by atoms with Crippen LogP contribution in [0.15, 0.2) is 85.5 Å². The molecule has 0 radical (unpaired) electrons. The molecule has 0 saturated heterocycles. The van der Waals surface area contributed by atoms with E-state index in [0.29, 0.717) is 24.4 Å². The van der Waals surface area contributed by atoms with Crippen LogP contribution in [-0.2, 0) is 12.7 Å². The first-order chi connectivity index (χ1) is 16.7. The fourth-order valence-corrected chi connectivity index (χ4v) is 3.62. The van der Waals surface area contributed by atoms with Crippen LogP contribution >= 0.6 is 0 Å². The maximum Gasteiger partial charge on any atom is 0.417 e. The third kappa shape index (κ3) is 7.40. The van der Waals surface area contributed by atoms with Gasteiger partial charge in [0.1, 0.15) is 18.5 Å². The topological polar surface area (TPSA) is 75.8 Å². The molecule has 0 saturated carbocycles. The Balaban J connectivity index is 1.61. The van der Waals surface area contributed by atoms with Crippen molar-refractivity contribution in [2.45, 2.75) is 18.8 Å². The minimum atomic E-state index is -4.44. The highest BCUT2D eigenvalue weighted by Gasteiger charge is 2.33. The molecule has 35 heavy (non-hydrogen) atoms. The van der Waals surface area contributed by atoms with Crippen LogP contribution in [0.2, 0.25) is 0 Å². The number of ether oxygens (including phenoxy) is 1. The van der Waals surface area contributed by atoms with Crippen molar-refractivity contribution < 1.29 is 27.9 Å². The second kappa shape index (κ2) is 11.6. The van der Waals surface area contributed by atoms with Gasteiger partial charge in [0.25, 0.3) is 5.69 Å². The van der Waals surface area contributed by atoms with Crippen LogP contribution in [0.4, 0.5) is 18.9 Å². The normalized spacial score (nSPS) is 12.4. The lowest BCUT2D eigenvalue weighted by Gasteiger charge is -2.24. The van der Waals surface area contributed by atoms with Crippen molar-refractivity contribution in [2.24, 2.45) is 0 Å². The van der Waals surface area contributed by atoms with Crippen LogP contribution in [0, 0.1) is 10.1 Å². The molecule has 0 bridgehead atoms. The number of hydrogen-bond acceptors (Lipinski definition) is 5. The molecule has 3 rings (SSSR count). The number of benzene rings is 3. The van der Waals surface area contributed by atoms with Crippen molar-refractivity contribution in [2.75, 3.05) is 19.7 Å². The highest BCUT2D eigenvalue weighted by atomic mass is 19.4. The van der Waals surface area contributed by atoms with Gasteiger partial charge in [0, 0.05) is 31.8 Å². The van der Waals surface area contributed by atoms with Gasteiger partial charge in [-0.25, -0.2) is 0 Å². The molecule has 1 atom stereocenters. The Morgan fingerprint density at radius 3 is 2.31 bits per heavy atom. The molecule has 1 unspecified atom stereocenters. The van der Waals surface area contributed by atoms with Gasteiger partial charge in [-0.15, -0.1) is 6.58 Å². The first kappa shape index (κ1) is 25.9. The molecule has 3 aromatic carbocycles.